The van der Waals surface area contributed by atoms with Crippen molar-refractivity contribution >= 4 is 33.2 Å². The molecule has 0 heterocycles. The van der Waals surface area contributed by atoms with E-state index in [-0.39, 0.29) is 0 Å². The van der Waals surface area contributed by atoms with Crippen LogP contribution in [0.1, 0.15) is 16.7 Å². The zero-order valence-corrected chi connectivity index (χ0v) is 12.7. The molecular weight excluding hydrogens is 324 g/mol. The first kappa shape index (κ1) is 13.9. The third kappa shape index (κ3) is 3.50. The third-order valence-electron chi connectivity index (χ3n) is 2.78. The van der Waals surface area contributed by atoms with Gasteiger partial charge in [0.05, 0.1) is 11.6 Å². The second-order valence-electron chi connectivity index (χ2n) is 4.25. The third-order valence-corrected chi connectivity index (χ3v) is 3.78. The lowest BCUT2D eigenvalue weighted by Crippen LogP contribution is -2.01. The van der Waals surface area contributed by atoms with Crippen LogP contribution in [0.15, 0.2) is 40.9 Å². The molecule has 2 aromatic rings. The smallest absolute Gasteiger partial charge is 0.0992 e. The van der Waals surface area contributed by atoms with Gasteiger partial charge in [-0.3, -0.25) is 0 Å². The standard InChI is InChI=1S/C15H12BrClN2/c1-10-2-5-15(13(16)6-10)19-9-12-4-3-11(8-18)7-14(12)17/h2-7,19H,9H2,1H3. The van der Waals surface area contributed by atoms with Gasteiger partial charge in [-0.15, -0.1) is 0 Å². The number of hydrogen-bond acceptors (Lipinski definition) is 2. The number of rotatable bonds is 3. The molecule has 2 rings (SSSR count). The Morgan fingerprint density at radius 2 is 2.05 bits per heavy atom. The van der Waals surface area contributed by atoms with E-state index in [1.807, 2.05) is 25.1 Å². The van der Waals surface area contributed by atoms with E-state index in [0.717, 1.165) is 15.7 Å². The van der Waals surface area contributed by atoms with Crippen molar-refractivity contribution in [3.8, 4) is 6.07 Å². The quantitative estimate of drug-likeness (QED) is 0.866. The number of nitriles is 1. The van der Waals surface area contributed by atoms with Crippen molar-refractivity contribution in [1.82, 2.24) is 0 Å². The molecule has 2 nitrogen and oxygen atoms in total. The summed E-state index contributed by atoms with van der Waals surface area (Å²) in [6, 6.07) is 13.5. The van der Waals surface area contributed by atoms with Crippen molar-refractivity contribution in [2.24, 2.45) is 0 Å². The lowest BCUT2D eigenvalue weighted by molar-refractivity contribution is 1.14. The van der Waals surface area contributed by atoms with Gasteiger partial charge in [0.25, 0.3) is 0 Å². The molecule has 0 aliphatic carbocycles. The van der Waals surface area contributed by atoms with Crippen LogP contribution in [0, 0.1) is 18.3 Å². The number of halogens is 2. The van der Waals surface area contributed by atoms with Crippen LogP contribution in [0.25, 0.3) is 0 Å². The molecule has 2 aromatic carbocycles. The molecule has 0 aliphatic heterocycles. The molecule has 0 spiro atoms. The number of nitrogens with zero attached hydrogens (tertiary/aromatic N) is 1. The predicted molar refractivity (Wildman–Crippen MR) is 82.4 cm³/mol. The maximum Gasteiger partial charge on any atom is 0.0992 e. The summed E-state index contributed by atoms with van der Waals surface area (Å²) in [6.07, 6.45) is 0. The summed E-state index contributed by atoms with van der Waals surface area (Å²) in [6.45, 7) is 2.66. The minimum atomic E-state index is 0.574. The molecule has 0 amide bonds. The van der Waals surface area contributed by atoms with E-state index < -0.39 is 0 Å². The average molecular weight is 336 g/mol. The van der Waals surface area contributed by atoms with Gasteiger partial charge in [0.1, 0.15) is 0 Å². The topological polar surface area (TPSA) is 35.8 Å². The summed E-state index contributed by atoms with van der Waals surface area (Å²) in [5.41, 5.74) is 3.76. The Hall–Kier alpha value is -1.50. The molecule has 19 heavy (non-hydrogen) atoms. The Bertz CT molecular complexity index is 647. The summed E-state index contributed by atoms with van der Waals surface area (Å²) in [5, 5.41) is 12.7. The Balaban J connectivity index is 2.13. The zero-order chi connectivity index (χ0) is 13.8. The first-order valence-electron chi connectivity index (χ1n) is 5.78. The fourth-order valence-corrected chi connectivity index (χ4v) is 2.59. The Kier molecular flexibility index (Phi) is 4.47. The molecule has 0 unspecified atom stereocenters. The molecule has 0 radical (unpaired) electrons. The normalized spacial score (nSPS) is 10.0. The van der Waals surface area contributed by atoms with Gasteiger partial charge in [0.2, 0.25) is 0 Å². The summed E-state index contributed by atoms with van der Waals surface area (Å²) in [4.78, 5) is 0. The van der Waals surface area contributed by atoms with E-state index in [9.17, 15) is 0 Å². The maximum absolute atomic E-state index is 8.79. The Morgan fingerprint density at radius 3 is 2.68 bits per heavy atom. The van der Waals surface area contributed by atoms with Gasteiger partial charge in [-0.2, -0.15) is 5.26 Å². The summed E-state index contributed by atoms with van der Waals surface area (Å²) >= 11 is 9.66. The molecule has 4 heteroatoms. The molecular formula is C15H12BrClN2. The summed E-state index contributed by atoms with van der Waals surface area (Å²) < 4.78 is 1.03. The fourth-order valence-electron chi connectivity index (χ4n) is 1.71. The molecule has 0 atom stereocenters. The van der Waals surface area contributed by atoms with Crippen LogP contribution in [0.3, 0.4) is 0 Å². The molecule has 0 saturated heterocycles. The SMILES string of the molecule is Cc1ccc(NCc2ccc(C#N)cc2Cl)c(Br)c1. The highest BCUT2D eigenvalue weighted by molar-refractivity contribution is 9.10. The first-order valence-corrected chi connectivity index (χ1v) is 6.96. The van der Waals surface area contributed by atoms with Crippen molar-refractivity contribution in [2.45, 2.75) is 13.5 Å². The second-order valence-corrected chi connectivity index (χ2v) is 5.52. The molecule has 0 saturated carbocycles. The first-order chi connectivity index (χ1) is 9.10. The molecule has 1 N–H and O–H groups in total. The molecule has 0 bridgehead atoms. The largest absolute Gasteiger partial charge is 0.380 e. The van der Waals surface area contributed by atoms with Crippen molar-refractivity contribution in [3.63, 3.8) is 0 Å². The average Bonchev–Trinajstić information content (AvgIpc) is 2.39. The number of aryl methyl sites for hydroxylation is 1. The highest BCUT2D eigenvalue weighted by Gasteiger charge is 2.04. The van der Waals surface area contributed by atoms with Crippen molar-refractivity contribution in [3.05, 3.63) is 62.6 Å². The van der Waals surface area contributed by atoms with E-state index >= 15 is 0 Å². The van der Waals surface area contributed by atoms with E-state index in [1.165, 1.54) is 5.56 Å². The minimum Gasteiger partial charge on any atom is -0.380 e. The zero-order valence-electron chi connectivity index (χ0n) is 10.4. The van der Waals surface area contributed by atoms with Gasteiger partial charge >= 0.3 is 0 Å². The van der Waals surface area contributed by atoms with Crippen LogP contribution in [-0.4, -0.2) is 0 Å². The van der Waals surface area contributed by atoms with E-state index in [4.69, 9.17) is 16.9 Å². The Morgan fingerprint density at radius 1 is 1.26 bits per heavy atom. The summed E-state index contributed by atoms with van der Waals surface area (Å²) in [7, 11) is 0. The van der Waals surface area contributed by atoms with Gasteiger partial charge in [-0.05, 0) is 58.2 Å². The lowest BCUT2D eigenvalue weighted by Gasteiger charge is -2.10. The fraction of sp³-hybridized carbons (Fsp3) is 0.133. The number of hydrogen-bond donors (Lipinski definition) is 1. The van der Waals surface area contributed by atoms with Crippen molar-refractivity contribution in [1.29, 1.82) is 5.26 Å². The number of nitrogens with one attached hydrogen (secondary N) is 1. The van der Waals surface area contributed by atoms with Crippen molar-refractivity contribution in [2.75, 3.05) is 5.32 Å². The highest BCUT2D eigenvalue weighted by atomic mass is 79.9. The van der Waals surface area contributed by atoms with Crippen molar-refractivity contribution < 1.29 is 0 Å². The van der Waals surface area contributed by atoms with Crippen LogP contribution in [0.5, 0.6) is 0 Å². The van der Waals surface area contributed by atoms with E-state index in [1.54, 1.807) is 12.1 Å². The van der Waals surface area contributed by atoms with Crippen LogP contribution in [0.2, 0.25) is 5.02 Å². The molecule has 0 aliphatic rings. The van der Waals surface area contributed by atoms with Crippen LogP contribution in [-0.2, 0) is 6.54 Å². The predicted octanol–water partition coefficient (Wildman–Crippen LogP) is 4.89. The van der Waals surface area contributed by atoms with Crippen LogP contribution < -0.4 is 5.32 Å². The monoisotopic (exact) mass is 334 g/mol. The Labute approximate surface area is 126 Å². The minimum absolute atomic E-state index is 0.574. The maximum atomic E-state index is 8.79. The van der Waals surface area contributed by atoms with E-state index in [2.05, 4.69) is 33.4 Å². The summed E-state index contributed by atoms with van der Waals surface area (Å²) in [5.74, 6) is 0. The van der Waals surface area contributed by atoms with Gasteiger partial charge < -0.3 is 5.32 Å². The van der Waals surface area contributed by atoms with Gasteiger partial charge in [-0.1, -0.05) is 23.7 Å². The second kappa shape index (κ2) is 6.10. The molecule has 0 fully saturated rings. The van der Waals surface area contributed by atoms with Gasteiger partial charge in [0.15, 0.2) is 0 Å². The molecule has 96 valence electrons. The number of benzene rings is 2. The molecule has 0 aromatic heterocycles. The van der Waals surface area contributed by atoms with Crippen LogP contribution >= 0.6 is 27.5 Å². The lowest BCUT2D eigenvalue weighted by atomic mass is 10.1. The van der Waals surface area contributed by atoms with Gasteiger partial charge in [-0.25, -0.2) is 0 Å². The van der Waals surface area contributed by atoms with E-state index in [0.29, 0.717) is 17.1 Å². The van der Waals surface area contributed by atoms with Crippen LogP contribution in [0.4, 0.5) is 5.69 Å². The highest BCUT2D eigenvalue weighted by Crippen LogP contribution is 2.25. The number of anilines is 1. The van der Waals surface area contributed by atoms with Gasteiger partial charge in [0, 0.05) is 21.7 Å².